The van der Waals surface area contributed by atoms with Gasteiger partial charge < -0.3 is 0 Å². The first-order valence-electron chi connectivity index (χ1n) is 1.19. The van der Waals surface area contributed by atoms with Gasteiger partial charge in [-0.3, -0.25) is 0 Å². The zero-order valence-corrected chi connectivity index (χ0v) is 5.36. The van der Waals surface area contributed by atoms with Gasteiger partial charge in [0.25, 0.3) is 0 Å². The van der Waals surface area contributed by atoms with E-state index in [4.69, 9.17) is 0 Å². The molecule has 0 aromatic rings. The van der Waals surface area contributed by atoms with Gasteiger partial charge in [0.1, 0.15) is 0 Å². The fourth-order valence-electron chi connectivity index (χ4n) is 0. The molecule has 0 rings (SSSR count). The van der Waals surface area contributed by atoms with Crippen LogP contribution in [-0.4, -0.2) is 24.3 Å². The predicted octanol–water partition coefficient (Wildman–Crippen LogP) is -0.115. The van der Waals surface area contributed by atoms with Gasteiger partial charge in [0.15, 0.2) is 0 Å². The molecule has 1 radical (unpaired) electrons. The van der Waals surface area contributed by atoms with Gasteiger partial charge in [-0.05, 0) is 0 Å². The molecule has 2 nitrogen and oxygen atoms in total. The number of carbonyl (C=O) groups excluding carboxylic acids is 1. The van der Waals surface area contributed by atoms with E-state index in [0.29, 0.717) is 0 Å². The second-order valence-corrected chi connectivity index (χ2v) is 1.19. The van der Waals surface area contributed by atoms with E-state index in [0.717, 1.165) is 18.4 Å². The second kappa shape index (κ2) is 2.35. The van der Waals surface area contributed by atoms with Gasteiger partial charge in [-0.25, -0.2) is 0 Å². The molecule has 0 N–H and O–H groups in total. The molecular weight excluding hydrogens is 124 g/mol. The standard InChI is InChI=1S/C2H3NO.Ga/c1-2(3)4;/h1H3;. The van der Waals surface area contributed by atoms with Crippen LogP contribution in [0, 0.1) is 0 Å². The number of nitrogens with zero attached hydrogens (tertiary/aromatic N) is 1. The first-order chi connectivity index (χ1) is 2.27. The van der Waals surface area contributed by atoms with Gasteiger partial charge in [0.2, 0.25) is 0 Å². The van der Waals surface area contributed by atoms with Crippen molar-refractivity contribution in [1.29, 1.82) is 0 Å². The maximum absolute atomic E-state index is 9.66. The van der Waals surface area contributed by atoms with Crippen LogP contribution in [0.4, 0.5) is 0 Å². The summed E-state index contributed by atoms with van der Waals surface area (Å²) in [6, 6.07) is 0. The summed E-state index contributed by atoms with van der Waals surface area (Å²) in [5.41, 5.74) is 0. The summed E-state index contributed by atoms with van der Waals surface area (Å²) in [5.74, 6) is -0.0926. The molecule has 0 aliphatic heterocycles. The first-order valence-corrected chi connectivity index (χ1v) is 2.27. The molecule has 0 atom stereocenters. The summed E-state index contributed by atoms with van der Waals surface area (Å²) >= 11 is 1.10. The van der Waals surface area contributed by atoms with Crippen molar-refractivity contribution in [3.8, 4) is 0 Å². The minimum atomic E-state index is -0.0926. The molecule has 0 aromatic carbocycles. The molecule has 0 heterocycles. The molecular formula is C2H3GaNO. The van der Waals surface area contributed by atoms with Crippen molar-refractivity contribution in [3.63, 3.8) is 0 Å². The molecule has 0 saturated carbocycles. The topological polar surface area (TPSA) is 29.4 Å². The summed E-state index contributed by atoms with van der Waals surface area (Å²) < 4.78 is 3.31. The van der Waals surface area contributed by atoms with Crippen molar-refractivity contribution in [2.24, 2.45) is 3.65 Å². The molecule has 5 heavy (non-hydrogen) atoms. The van der Waals surface area contributed by atoms with Gasteiger partial charge in [0, 0.05) is 0 Å². The molecule has 0 aliphatic rings. The molecule has 0 spiro atoms. The Bertz CT molecular complexity index is 60.7. The zero-order valence-electron chi connectivity index (χ0n) is 2.93. The third kappa shape index (κ3) is 4.11. The van der Waals surface area contributed by atoms with Crippen LogP contribution in [0.1, 0.15) is 6.92 Å². The Morgan fingerprint density at radius 1 is 2.00 bits per heavy atom. The van der Waals surface area contributed by atoms with E-state index in [2.05, 4.69) is 3.65 Å². The van der Waals surface area contributed by atoms with Gasteiger partial charge in [-0.1, -0.05) is 0 Å². The Morgan fingerprint density at radius 2 is 2.20 bits per heavy atom. The SMILES string of the molecule is CC(=O)[N]=[Ga]. The molecule has 0 unspecified atom stereocenters. The fourth-order valence-corrected chi connectivity index (χ4v) is 0. The van der Waals surface area contributed by atoms with Gasteiger partial charge in [0.05, 0.1) is 0 Å². The van der Waals surface area contributed by atoms with E-state index in [-0.39, 0.29) is 5.91 Å². The Balaban J connectivity index is 3.20. The summed E-state index contributed by atoms with van der Waals surface area (Å²) in [6.07, 6.45) is 0. The maximum atomic E-state index is 9.66. The number of hydrogen-bond donors (Lipinski definition) is 0. The number of carbonyl (C=O) groups is 1. The van der Waals surface area contributed by atoms with E-state index in [1.54, 1.807) is 0 Å². The Morgan fingerprint density at radius 3 is 2.20 bits per heavy atom. The van der Waals surface area contributed by atoms with Crippen LogP contribution >= 0.6 is 0 Å². The van der Waals surface area contributed by atoms with Crippen molar-refractivity contribution in [2.45, 2.75) is 6.92 Å². The normalized spacial score (nSPS) is 6.40. The van der Waals surface area contributed by atoms with Gasteiger partial charge in [-0.15, -0.1) is 0 Å². The molecule has 0 fully saturated rings. The third-order valence-corrected chi connectivity index (χ3v) is 0.945. The monoisotopic (exact) mass is 126 g/mol. The second-order valence-electron chi connectivity index (χ2n) is 0.648. The predicted molar refractivity (Wildman–Crippen MR) is 18.9 cm³/mol. The molecule has 0 aliphatic carbocycles. The number of amides is 1. The zero-order chi connectivity index (χ0) is 4.28. The summed E-state index contributed by atoms with van der Waals surface area (Å²) in [7, 11) is 0. The molecule has 0 bridgehead atoms. The summed E-state index contributed by atoms with van der Waals surface area (Å²) in [4.78, 5) is 9.66. The Hall–Kier alpha value is 0.106. The van der Waals surface area contributed by atoms with E-state index in [1.807, 2.05) is 0 Å². The molecule has 0 saturated heterocycles. The number of rotatable bonds is 0. The van der Waals surface area contributed by atoms with Crippen molar-refractivity contribution < 1.29 is 4.79 Å². The Kier molecular flexibility index (Phi) is 2.40. The van der Waals surface area contributed by atoms with E-state index in [9.17, 15) is 4.79 Å². The van der Waals surface area contributed by atoms with Gasteiger partial charge >= 0.3 is 39.7 Å². The van der Waals surface area contributed by atoms with E-state index in [1.165, 1.54) is 6.92 Å². The first kappa shape index (κ1) is 5.11. The van der Waals surface area contributed by atoms with Gasteiger partial charge in [-0.2, -0.15) is 0 Å². The third-order valence-electron chi connectivity index (χ3n) is 0.182. The molecule has 0 aromatic heterocycles. The van der Waals surface area contributed by atoms with Crippen molar-refractivity contribution in [2.75, 3.05) is 0 Å². The van der Waals surface area contributed by atoms with Crippen molar-refractivity contribution in [3.05, 3.63) is 0 Å². The molecule has 25 valence electrons. The van der Waals surface area contributed by atoms with Crippen LogP contribution in [-0.2, 0) is 4.79 Å². The Labute approximate surface area is 40.3 Å². The summed E-state index contributed by atoms with van der Waals surface area (Å²) in [6.45, 7) is 1.43. The quantitative estimate of drug-likeness (QED) is 0.417. The van der Waals surface area contributed by atoms with Crippen molar-refractivity contribution >= 4 is 24.3 Å². The van der Waals surface area contributed by atoms with Crippen LogP contribution in [0.15, 0.2) is 3.65 Å². The fraction of sp³-hybridized carbons (Fsp3) is 0.500. The van der Waals surface area contributed by atoms with Crippen LogP contribution in [0.3, 0.4) is 0 Å². The molecule has 1 amide bonds. The average molecular weight is 127 g/mol. The van der Waals surface area contributed by atoms with Crippen LogP contribution in [0.2, 0.25) is 0 Å². The summed E-state index contributed by atoms with van der Waals surface area (Å²) in [5, 5.41) is 0. The van der Waals surface area contributed by atoms with E-state index < -0.39 is 0 Å². The van der Waals surface area contributed by atoms with Crippen LogP contribution in [0.25, 0.3) is 0 Å². The molecule has 3 heteroatoms. The van der Waals surface area contributed by atoms with Crippen molar-refractivity contribution in [1.82, 2.24) is 0 Å². The average Bonchev–Trinajstić information content (AvgIpc) is 1.38. The van der Waals surface area contributed by atoms with Crippen LogP contribution in [0.5, 0.6) is 0 Å². The van der Waals surface area contributed by atoms with E-state index >= 15 is 0 Å². The number of hydrogen-bond acceptors (Lipinski definition) is 1. The van der Waals surface area contributed by atoms with Crippen LogP contribution < -0.4 is 0 Å². The minimum absolute atomic E-state index is 0.0926.